The SMILES string of the molecule is CCNc1cc2oc3cc(=[NH+]CC)c(C)cc-3c(-c3ccccc3C(=O)N(C)CCCC(=O)NCC#Cc3cn([C@H]4CC[C@@H](COP(=O)(O)OP(=O)(O)OP(=O)([O-])O)O4)c4nc(N)[nH]c(=O)c34)c2cc1C. The van der Waals surface area contributed by atoms with E-state index in [2.05, 4.69) is 58.2 Å². The zero-order valence-corrected chi connectivity index (χ0v) is 41.9. The van der Waals surface area contributed by atoms with Crippen molar-refractivity contribution in [2.75, 3.05) is 50.9 Å². The number of nitrogens with zero attached hydrogens (tertiary/aromatic N) is 3. The van der Waals surface area contributed by atoms with Gasteiger partial charge in [0.15, 0.2) is 5.65 Å². The second-order valence-electron chi connectivity index (χ2n) is 16.6. The molecule has 3 unspecified atom stereocenters. The Morgan fingerprint density at radius 1 is 1.06 bits per heavy atom. The van der Waals surface area contributed by atoms with Gasteiger partial charge in [0.2, 0.25) is 17.2 Å². The highest BCUT2D eigenvalue weighted by Gasteiger charge is 2.39. The second kappa shape index (κ2) is 21.8. The quantitative estimate of drug-likeness (QED) is 0.0348. The predicted molar refractivity (Wildman–Crippen MR) is 258 cm³/mol. The molecule has 1 saturated heterocycles. The molecule has 1 fully saturated rings. The van der Waals surface area contributed by atoms with Crippen molar-refractivity contribution in [3.63, 3.8) is 0 Å². The monoisotopic (exact) mass is 1040 g/mol. The number of hydrogen-bond donors (Lipinski definition) is 8. The van der Waals surface area contributed by atoms with Crippen LogP contribution in [0.3, 0.4) is 0 Å². The van der Waals surface area contributed by atoms with E-state index in [1.807, 2.05) is 58.0 Å². The van der Waals surface area contributed by atoms with Gasteiger partial charge in [0.25, 0.3) is 19.3 Å². The van der Waals surface area contributed by atoms with Gasteiger partial charge in [0.1, 0.15) is 24.1 Å². The Hall–Kier alpha value is -5.98. The third-order valence-corrected chi connectivity index (χ3v) is 15.1. The minimum Gasteiger partial charge on any atom is -0.756 e. The van der Waals surface area contributed by atoms with Crippen LogP contribution in [0.5, 0.6) is 0 Å². The first-order chi connectivity index (χ1) is 33.6. The molecular weight excluding hydrogens is 985 g/mol. The number of fused-ring (bicyclic) bond motifs is 3. The number of nitrogens with two attached hydrogens (primary N) is 1. The average molecular weight is 1040 g/mol. The number of aryl methyl sites for hydroxylation is 2. The van der Waals surface area contributed by atoms with Gasteiger partial charge in [-0.2, -0.15) is 9.29 Å². The largest absolute Gasteiger partial charge is 0.756 e. The van der Waals surface area contributed by atoms with Gasteiger partial charge in [-0.15, -0.1) is 0 Å². The maximum Gasteiger partial charge on any atom is 0.487 e. The number of aromatic nitrogens is 3. The minimum absolute atomic E-state index is 0.0628. The van der Waals surface area contributed by atoms with Crippen LogP contribution in [0.2, 0.25) is 0 Å². The summed E-state index contributed by atoms with van der Waals surface area (Å²) in [5.74, 6) is 5.63. The summed E-state index contributed by atoms with van der Waals surface area (Å²) in [6.45, 7) is 9.09. The maximum atomic E-state index is 14.3. The fourth-order valence-electron chi connectivity index (χ4n) is 8.27. The Morgan fingerprint density at radius 3 is 2.55 bits per heavy atom. The molecule has 0 spiro atoms. The summed E-state index contributed by atoms with van der Waals surface area (Å²) in [5, 5.41) is 8.03. The van der Waals surface area contributed by atoms with Crippen molar-refractivity contribution in [3.8, 4) is 34.3 Å². The van der Waals surface area contributed by atoms with Crippen molar-refractivity contribution in [1.29, 1.82) is 0 Å². The number of rotatable bonds is 18. The van der Waals surface area contributed by atoms with Crippen LogP contribution in [0, 0.1) is 25.7 Å². The van der Waals surface area contributed by atoms with E-state index in [4.69, 9.17) is 24.3 Å². The number of aromatic amines is 1. The highest BCUT2D eigenvalue weighted by molar-refractivity contribution is 7.66. The summed E-state index contributed by atoms with van der Waals surface area (Å²) in [6.07, 6.45) is 0.598. The van der Waals surface area contributed by atoms with Crippen molar-refractivity contribution < 1.29 is 70.1 Å². The van der Waals surface area contributed by atoms with Crippen molar-refractivity contribution >= 4 is 68.9 Å². The summed E-state index contributed by atoms with van der Waals surface area (Å²) in [7, 11) is -15.3. The number of H-pyrrole nitrogens is 1. The third kappa shape index (κ3) is 12.7. The summed E-state index contributed by atoms with van der Waals surface area (Å²) in [6, 6.07) is 15.6. The summed E-state index contributed by atoms with van der Waals surface area (Å²) < 4.78 is 60.6. The van der Waals surface area contributed by atoms with Crippen LogP contribution in [0.25, 0.3) is 44.5 Å². The third-order valence-electron chi connectivity index (χ3n) is 11.3. The first-order valence-corrected chi connectivity index (χ1v) is 26.8. The molecule has 2 aliphatic heterocycles. The Morgan fingerprint density at radius 2 is 1.82 bits per heavy atom. The number of carbonyl (C=O) groups is 2. The Bertz CT molecular complexity index is 3340. The fraction of sp³-hybridized carbons (Fsp3) is 0.356. The standard InChI is InChI=1S/C45H53N8O15P3/c1-6-47-34-22-36-32(20-26(34)3)41(33-21-27(4)35(48-7-2)23-37(33)66-36)30-13-8-9-14-31(30)44(56)52(5)19-11-15-38(54)49-18-10-12-28-24-53(42-40(28)43(55)51-45(46)50-42)39-17-16-29(65-39)25-64-70(60,61)68-71(62,63)67-69(57,58)59/h8-9,13-14,20-24,29,39,47H,6-7,11,15-19,25H2,1-5H3,(H,49,54)(H,60,61)(H,62,63)(H2,57,58,59)(H3,46,50,51,55)/t29-,39+/m0/s1. The zero-order valence-electron chi connectivity index (χ0n) is 39.2. The van der Waals surface area contributed by atoms with Crippen molar-refractivity contribution in [2.45, 2.75) is 65.7 Å². The van der Waals surface area contributed by atoms with E-state index in [1.54, 1.807) is 18.0 Å². The topological polar surface area (TPSA) is 337 Å². The number of phosphoric ester groups is 1. The van der Waals surface area contributed by atoms with Gasteiger partial charge < -0.3 is 54.6 Å². The number of phosphoric acid groups is 3. The van der Waals surface area contributed by atoms with Crippen LogP contribution >= 0.6 is 23.5 Å². The molecule has 4 heterocycles. The molecule has 71 heavy (non-hydrogen) atoms. The van der Waals surface area contributed by atoms with Gasteiger partial charge in [-0.3, -0.25) is 28.5 Å². The smallest absolute Gasteiger partial charge is 0.487 e. The number of anilines is 2. The lowest BCUT2D eigenvalue weighted by Gasteiger charge is -2.22. The summed E-state index contributed by atoms with van der Waals surface area (Å²) >= 11 is 0. The van der Waals surface area contributed by atoms with Crippen LogP contribution in [0.1, 0.15) is 72.8 Å². The van der Waals surface area contributed by atoms with Crippen LogP contribution in [-0.4, -0.2) is 91.9 Å². The Kier molecular flexibility index (Phi) is 16.2. The molecule has 0 saturated carbocycles. The number of amides is 2. The van der Waals surface area contributed by atoms with Crippen LogP contribution in [0.15, 0.2) is 63.9 Å². The molecule has 2 amide bonds. The van der Waals surface area contributed by atoms with E-state index < -0.39 is 48.0 Å². The molecule has 3 aliphatic rings. The van der Waals surface area contributed by atoms with E-state index in [1.165, 1.54) is 10.8 Å². The van der Waals surface area contributed by atoms with Crippen molar-refractivity contribution in [2.24, 2.45) is 0 Å². The average Bonchev–Trinajstić information content (AvgIpc) is 3.91. The minimum atomic E-state index is -5.82. The second-order valence-corrected chi connectivity index (χ2v) is 20.9. The first kappa shape index (κ1) is 52.8. The molecule has 26 heteroatoms. The van der Waals surface area contributed by atoms with E-state index in [9.17, 15) is 42.8 Å². The molecule has 7 rings (SSSR count). The Labute approximate surface area is 406 Å². The van der Waals surface area contributed by atoms with Gasteiger partial charge in [0, 0.05) is 72.1 Å². The molecule has 378 valence electrons. The van der Waals surface area contributed by atoms with Gasteiger partial charge >= 0.3 is 15.6 Å². The number of nitrogen functional groups attached to an aromatic ring is 1. The molecule has 0 radical (unpaired) electrons. The van der Waals surface area contributed by atoms with Gasteiger partial charge in [-0.1, -0.05) is 30.0 Å². The first-order valence-electron chi connectivity index (χ1n) is 22.3. The summed E-state index contributed by atoms with van der Waals surface area (Å²) in [4.78, 5) is 90.6. The van der Waals surface area contributed by atoms with Crippen molar-refractivity contribution in [1.82, 2.24) is 24.8 Å². The number of ether oxygens (including phenoxy) is 1. The number of benzene rings is 3. The van der Waals surface area contributed by atoms with E-state index in [0.717, 1.165) is 57.3 Å². The molecular formula is C45H53N8O15P3. The lowest BCUT2D eigenvalue weighted by Crippen LogP contribution is -2.76. The van der Waals surface area contributed by atoms with E-state index >= 15 is 0 Å². The summed E-state index contributed by atoms with van der Waals surface area (Å²) in [5.41, 5.74) is 12.2. The molecule has 2 aromatic carbocycles. The van der Waals surface area contributed by atoms with E-state index in [0.29, 0.717) is 23.3 Å². The normalized spacial score (nSPS) is 17.6. The molecule has 9 N–H and O–H groups in total. The van der Waals surface area contributed by atoms with E-state index in [-0.39, 0.29) is 66.7 Å². The molecule has 5 atom stereocenters. The number of hydrogen-bond acceptors (Lipinski definition) is 15. The lowest BCUT2D eigenvalue weighted by molar-refractivity contribution is -0.496. The molecule has 1 aliphatic carbocycles. The molecule has 4 aromatic rings. The van der Waals surface area contributed by atoms with Crippen LogP contribution < -0.4 is 37.2 Å². The molecule has 23 nitrogen and oxygen atoms in total. The van der Waals surface area contributed by atoms with Gasteiger partial charge in [-0.05, 0) is 76.3 Å². The fourth-order valence-corrected chi connectivity index (χ4v) is 11.3. The Balaban J connectivity index is 0.994. The highest BCUT2D eigenvalue weighted by atomic mass is 31.3. The molecule has 0 bridgehead atoms. The van der Waals surface area contributed by atoms with Crippen LogP contribution in [0.4, 0.5) is 11.6 Å². The number of carbonyl (C=O) groups excluding carboxylic acids is 2. The zero-order chi connectivity index (χ0) is 51.4. The van der Waals surface area contributed by atoms with Crippen molar-refractivity contribution in [3.05, 3.63) is 92.7 Å². The number of nitrogens with one attached hydrogen (secondary N) is 4. The lowest BCUT2D eigenvalue weighted by atomic mass is 9.89. The predicted octanol–water partition coefficient (Wildman–Crippen LogP) is 3.28. The highest BCUT2D eigenvalue weighted by Crippen LogP contribution is 2.65. The van der Waals surface area contributed by atoms with Gasteiger partial charge in [-0.25, -0.2) is 18.4 Å². The molecule has 2 aromatic heterocycles. The van der Waals surface area contributed by atoms with Gasteiger partial charge in [0.05, 0.1) is 36.3 Å². The van der Waals surface area contributed by atoms with Crippen LogP contribution in [-0.2, 0) is 36.4 Å². The maximum absolute atomic E-state index is 14.3.